The van der Waals surface area contributed by atoms with Gasteiger partial charge in [-0.05, 0) is 30.7 Å². The predicted molar refractivity (Wildman–Crippen MR) is 72.6 cm³/mol. The lowest BCUT2D eigenvalue weighted by Crippen LogP contribution is -2.29. The molecule has 5 heteroatoms. The van der Waals surface area contributed by atoms with Crippen molar-refractivity contribution in [2.75, 3.05) is 6.61 Å². The van der Waals surface area contributed by atoms with Gasteiger partial charge < -0.3 is 19.6 Å². The number of aromatic nitrogens is 1. The summed E-state index contributed by atoms with van der Waals surface area (Å²) in [6.07, 6.45) is 0.870. The minimum atomic E-state index is -1.49. The number of hydrogen-bond acceptors (Lipinski definition) is 4. The van der Waals surface area contributed by atoms with Crippen molar-refractivity contribution >= 4 is 5.97 Å². The second-order valence-electron chi connectivity index (χ2n) is 4.25. The second kappa shape index (κ2) is 6.06. The summed E-state index contributed by atoms with van der Waals surface area (Å²) in [6.45, 7) is 2.57. The van der Waals surface area contributed by atoms with Crippen molar-refractivity contribution in [3.63, 3.8) is 0 Å². The fraction of sp³-hybridized carbons (Fsp3) is 0.200. The van der Waals surface area contributed by atoms with E-state index in [4.69, 9.17) is 4.74 Å². The van der Waals surface area contributed by atoms with Gasteiger partial charge in [0.15, 0.2) is 0 Å². The summed E-state index contributed by atoms with van der Waals surface area (Å²) < 4.78 is 5.61. The van der Waals surface area contributed by atoms with Crippen LogP contribution < -0.4 is 15.4 Å². The summed E-state index contributed by atoms with van der Waals surface area (Å²) in [5.74, 6) is -0.848. The largest absolute Gasteiger partial charge is 0.545 e. The molecule has 104 valence electrons. The van der Waals surface area contributed by atoms with Gasteiger partial charge in [-0.15, -0.1) is 0 Å². The number of pyridine rings is 1. The third-order valence-electron chi connectivity index (χ3n) is 2.77. The van der Waals surface area contributed by atoms with Crippen molar-refractivity contribution in [3.05, 3.63) is 52.3 Å². The molecule has 0 aliphatic carbocycles. The summed E-state index contributed by atoms with van der Waals surface area (Å²) in [7, 11) is 0. The quantitative estimate of drug-likeness (QED) is 0.886. The first-order valence-electron chi connectivity index (χ1n) is 6.30. The van der Waals surface area contributed by atoms with Crippen molar-refractivity contribution in [1.82, 2.24) is 4.98 Å². The Bertz CT molecular complexity index is 676. The molecular formula is C15H14NO4-. The Labute approximate surface area is 115 Å². The number of carboxylic acids is 1. The molecule has 2 rings (SSSR count). The van der Waals surface area contributed by atoms with E-state index in [0.717, 1.165) is 6.42 Å². The average Bonchev–Trinajstić information content (AvgIpc) is 2.45. The number of carbonyl (C=O) groups is 1. The van der Waals surface area contributed by atoms with E-state index in [1.54, 1.807) is 12.1 Å². The van der Waals surface area contributed by atoms with Crippen molar-refractivity contribution in [1.29, 1.82) is 0 Å². The van der Waals surface area contributed by atoms with Gasteiger partial charge in [-0.2, -0.15) is 0 Å². The molecule has 2 aromatic rings. The smallest absolute Gasteiger partial charge is 0.257 e. The Kier molecular flexibility index (Phi) is 4.20. The Morgan fingerprint density at radius 1 is 1.25 bits per heavy atom. The Hall–Kier alpha value is -2.56. The molecule has 0 fully saturated rings. The third-order valence-corrected chi connectivity index (χ3v) is 2.77. The number of aromatic amines is 1. The van der Waals surface area contributed by atoms with Gasteiger partial charge in [-0.25, -0.2) is 0 Å². The maximum Gasteiger partial charge on any atom is 0.257 e. The van der Waals surface area contributed by atoms with Gasteiger partial charge >= 0.3 is 0 Å². The number of rotatable bonds is 5. The minimum absolute atomic E-state index is 0.388. The van der Waals surface area contributed by atoms with Crippen LogP contribution in [0.2, 0.25) is 0 Å². The van der Waals surface area contributed by atoms with Crippen LogP contribution in [-0.4, -0.2) is 17.6 Å². The first-order valence-corrected chi connectivity index (χ1v) is 6.30. The minimum Gasteiger partial charge on any atom is -0.545 e. The molecule has 0 aliphatic rings. The Balaban J connectivity index is 2.44. The van der Waals surface area contributed by atoms with Crippen LogP contribution in [0.5, 0.6) is 5.75 Å². The number of nitrogens with one attached hydrogen (secondary N) is 1. The number of ether oxygens (including phenoxy) is 1. The van der Waals surface area contributed by atoms with Crippen LogP contribution >= 0.6 is 0 Å². The first-order chi connectivity index (χ1) is 9.63. The molecule has 0 amide bonds. The van der Waals surface area contributed by atoms with Gasteiger partial charge in [-0.3, -0.25) is 4.79 Å². The molecule has 0 radical (unpaired) electrons. The molecule has 0 atom stereocenters. The maximum absolute atomic E-state index is 11.7. The van der Waals surface area contributed by atoms with E-state index in [2.05, 4.69) is 4.98 Å². The zero-order valence-electron chi connectivity index (χ0n) is 11.0. The van der Waals surface area contributed by atoms with Gasteiger partial charge in [0, 0.05) is 5.56 Å². The molecule has 0 bridgehead atoms. The highest BCUT2D eigenvalue weighted by atomic mass is 16.5. The highest BCUT2D eigenvalue weighted by molar-refractivity contribution is 5.85. The standard InChI is InChI=1S/C15H15NO4/c1-2-9-20-13-6-4-3-5-10(13)12-8-7-11(15(18)19)14(17)16-12/h3-8H,2,9H2,1H3,(H,16,17)(H,18,19)/p-1. The lowest BCUT2D eigenvalue weighted by molar-refractivity contribution is -0.255. The van der Waals surface area contributed by atoms with Crippen LogP contribution in [0, 0.1) is 0 Å². The molecule has 5 nitrogen and oxygen atoms in total. The zero-order chi connectivity index (χ0) is 14.5. The molecule has 1 heterocycles. The molecular weight excluding hydrogens is 258 g/mol. The zero-order valence-corrected chi connectivity index (χ0v) is 11.0. The molecule has 20 heavy (non-hydrogen) atoms. The summed E-state index contributed by atoms with van der Waals surface area (Å²) >= 11 is 0. The fourth-order valence-corrected chi connectivity index (χ4v) is 1.82. The number of para-hydroxylation sites is 1. The second-order valence-corrected chi connectivity index (χ2v) is 4.25. The van der Waals surface area contributed by atoms with E-state index < -0.39 is 11.5 Å². The summed E-state index contributed by atoms with van der Waals surface area (Å²) in [4.78, 5) is 24.9. The third kappa shape index (κ3) is 2.88. The maximum atomic E-state index is 11.7. The van der Waals surface area contributed by atoms with Crippen LogP contribution in [0.15, 0.2) is 41.2 Å². The number of carboxylic acid groups (broad SMARTS) is 1. The molecule has 0 spiro atoms. The Morgan fingerprint density at radius 2 is 2.00 bits per heavy atom. The van der Waals surface area contributed by atoms with Crippen molar-refractivity contribution in [2.45, 2.75) is 13.3 Å². The van der Waals surface area contributed by atoms with Crippen molar-refractivity contribution in [2.24, 2.45) is 0 Å². The monoisotopic (exact) mass is 272 g/mol. The van der Waals surface area contributed by atoms with E-state index in [1.807, 2.05) is 19.1 Å². The molecule has 0 unspecified atom stereocenters. The average molecular weight is 272 g/mol. The molecule has 0 aliphatic heterocycles. The topological polar surface area (TPSA) is 82.2 Å². The normalized spacial score (nSPS) is 10.2. The van der Waals surface area contributed by atoms with Gasteiger partial charge in [0.05, 0.1) is 23.8 Å². The lowest BCUT2D eigenvalue weighted by atomic mass is 10.1. The molecule has 0 saturated heterocycles. The van der Waals surface area contributed by atoms with Crippen LogP contribution in [-0.2, 0) is 0 Å². The van der Waals surface area contributed by atoms with E-state index in [1.165, 1.54) is 12.1 Å². The summed E-state index contributed by atoms with van der Waals surface area (Å²) in [5.41, 5.74) is 0.142. The highest BCUT2D eigenvalue weighted by Gasteiger charge is 2.08. The molecule has 1 N–H and O–H groups in total. The molecule has 0 saturated carbocycles. The number of aromatic carboxylic acids is 1. The SMILES string of the molecule is CCCOc1ccccc1-c1ccc(C(=O)[O-])c(=O)[nH]1. The van der Waals surface area contributed by atoms with Gasteiger partial charge in [-0.1, -0.05) is 19.1 Å². The van der Waals surface area contributed by atoms with E-state index in [-0.39, 0.29) is 5.56 Å². The highest BCUT2D eigenvalue weighted by Crippen LogP contribution is 2.27. The first kappa shape index (κ1) is 13.9. The predicted octanol–water partition coefficient (Wildman–Crippen LogP) is 1.19. The van der Waals surface area contributed by atoms with Crippen LogP contribution in [0.3, 0.4) is 0 Å². The van der Waals surface area contributed by atoms with Crippen LogP contribution in [0.4, 0.5) is 0 Å². The van der Waals surface area contributed by atoms with E-state index in [0.29, 0.717) is 23.6 Å². The van der Waals surface area contributed by atoms with Crippen LogP contribution in [0.25, 0.3) is 11.3 Å². The number of hydrogen-bond donors (Lipinski definition) is 1. The van der Waals surface area contributed by atoms with Crippen molar-refractivity contribution < 1.29 is 14.6 Å². The lowest BCUT2D eigenvalue weighted by Gasteiger charge is -2.11. The summed E-state index contributed by atoms with van der Waals surface area (Å²) in [6, 6.07) is 10.0. The van der Waals surface area contributed by atoms with Crippen molar-refractivity contribution in [3.8, 4) is 17.0 Å². The van der Waals surface area contributed by atoms with E-state index >= 15 is 0 Å². The van der Waals surface area contributed by atoms with Gasteiger partial charge in [0.2, 0.25) is 0 Å². The van der Waals surface area contributed by atoms with Gasteiger partial charge in [0.1, 0.15) is 5.75 Å². The van der Waals surface area contributed by atoms with Gasteiger partial charge in [0.25, 0.3) is 5.56 Å². The number of H-pyrrole nitrogens is 1. The summed E-state index contributed by atoms with van der Waals surface area (Å²) in [5, 5.41) is 10.7. The number of carbonyl (C=O) groups excluding carboxylic acids is 1. The molecule has 1 aromatic heterocycles. The number of benzene rings is 1. The molecule has 1 aromatic carbocycles. The van der Waals surface area contributed by atoms with E-state index in [9.17, 15) is 14.7 Å². The fourth-order valence-electron chi connectivity index (χ4n) is 1.82. The Morgan fingerprint density at radius 3 is 2.65 bits per heavy atom. The van der Waals surface area contributed by atoms with Crippen LogP contribution in [0.1, 0.15) is 23.7 Å².